The molecule has 2 rings (SSSR count). The fraction of sp³-hybridized carbons (Fsp3) is 1.00. The third-order valence-electron chi connectivity index (χ3n) is 4.12. The van der Waals surface area contributed by atoms with E-state index in [2.05, 4.69) is 10.0 Å². The highest BCUT2D eigenvalue weighted by Gasteiger charge is 2.50. The molecule has 0 spiro atoms. The van der Waals surface area contributed by atoms with Crippen LogP contribution in [-0.4, -0.2) is 110 Å². The van der Waals surface area contributed by atoms with E-state index in [1.807, 2.05) is 0 Å². The molecule has 2 aliphatic heterocycles. The van der Waals surface area contributed by atoms with Gasteiger partial charge < -0.3 is 50.0 Å². The van der Waals surface area contributed by atoms with Gasteiger partial charge in [-0.15, -0.1) is 0 Å². The summed E-state index contributed by atoms with van der Waals surface area (Å²) in [7, 11) is 0. The van der Waals surface area contributed by atoms with Crippen LogP contribution < -0.4 is 0 Å². The quantitative estimate of drug-likeness (QED) is 0.141. The molecule has 13 heteroatoms. The Hall–Kier alpha value is -1.09. The SMILES string of the molecule is [N-]=[N+]=NC[C@H]1O[C@@H](O[C@H]2[C@H](O)[C@@H](O)C(O)O[C@@H]2CO)[C@H](O)[C@@H](O)[C@@H]1O. The fourth-order valence-electron chi connectivity index (χ4n) is 2.69. The van der Waals surface area contributed by atoms with Gasteiger partial charge in [0.15, 0.2) is 12.6 Å². The summed E-state index contributed by atoms with van der Waals surface area (Å²) in [5, 5.41) is 71.3. The molecule has 2 heterocycles. The maximum Gasteiger partial charge on any atom is 0.187 e. The first-order valence-corrected chi connectivity index (χ1v) is 7.48. The van der Waals surface area contributed by atoms with Crippen LogP contribution >= 0.6 is 0 Å². The van der Waals surface area contributed by atoms with Crippen LogP contribution in [-0.2, 0) is 14.2 Å². The van der Waals surface area contributed by atoms with E-state index in [0.717, 1.165) is 0 Å². The maximum absolute atomic E-state index is 10.0. The van der Waals surface area contributed by atoms with Crippen molar-refractivity contribution in [3.63, 3.8) is 0 Å². The van der Waals surface area contributed by atoms with E-state index in [1.165, 1.54) is 0 Å². The highest BCUT2D eigenvalue weighted by Crippen LogP contribution is 2.28. The van der Waals surface area contributed by atoms with Crippen molar-refractivity contribution in [1.82, 2.24) is 0 Å². The minimum Gasteiger partial charge on any atom is -0.394 e. The molecule has 13 nitrogen and oxygen atoms in total. The van der Waals surface area contributed by atoms with Crippen LogP contribution in [0.25, 0.3) is 10.4 Å². The third kappa shape index (κ3) is 4.19. The summed E-state index contributed by atoms with van der Waals surface area (Å²) in [5.41, 5.74) is 8.33. The minimum atomic E-state index is -1.76. The molecule has 1 unspecified atom stereocenters. The van der Waals surface area contributed by atoms with Gasteiger partial charge in [-0.1, -0.05) is 5.11 Å². The van der Waals surface area contributed by atoms with Gasteiger partial charge in [-0.2, -0.15) is 0 Å². The average molecular weight is 367 g/mol. The molecule has 144 valence electrons. The standard InChI is InChI=1S/C12H21N3O10/c13-15-14-1-3-5(17)6(18)9(21)12(24-3)25-10-4(2-16)23-11(22)8(20)7(10)19/h3-12,16-22H,1-2H2/t3-,4-,5-,6+,7-,8-,9-,10-,11?,12+/m1/s1. The first-order valence-electron chi connectivity index (χ1n) is 7.48. The van der Waals surface area contributed by atoms with Crippen LogP contribution in [0.2, 0.25) is 0 Å². The Morgan fingerprint density at radius 3 is 2.16 bits per heavy atom. The lowest BCUT2D eigenvalue weighted by molar-refractivity contribution is -0.352. The lowest BCUT2D eigenvalue weighted by Crippen LogP contribution is -2.64. The molecule has 2 saturated heterocycles. The van der Waals surface area contributed by atoms with Gasteiger partial charge >= 0.3 is 0 Å². The Kier molecular flexibility index (Phi) is 6.90. The highest BCUT2D eigenvalue weighted by molar-refractivity contribution is 4.94. The number of nitrogens with zero attached hydrogens (tertiary/aromatic N) is 3. The van der Waals surface area contributed by atoms with Gasteiger partial charge in [0, 0.05) is 4.91 Å². The summed E-state index contributed by atoms with van der Waals surface area (Å²) in [6.07, 6.45) is -15.7. The Bertz CT molecular complexity index is 490. The number of aliphatic hydroxyl groups is 7. The Labute approximate surface area is 141 Å². The number of aliphatic hydroxyl groups excluding tert-OH is 7. The van der Waals surface area contributed by atoms with E-state index >= 15 is 0 Å². The lowest BCUT2D eigenvalue weighted by Gasteiger charge is -2.45. The van der Waals surface area contributed by atoms with Crippen molar-refractivity contribution < 1.29 is 50.0 Å². The second-order valence-corrected chi connectivity index (χ2v) is 5.76. The first kappa shape index (κ1) is 20.2. The molecule has 0 aromatic rings. The molecular weight excluding hydrogens is 346 g/mol. The molecule has 0 saturated carbocycles. The second kappa shape index (κ2) is 8.53. The van der Waals surface area contributed by atoms with Crippen LogP contribution in [0.4, 0.5) is 0 Å². The number of ether oxygens (including phenoxy) is 3. The van der Waals surface area contributed by atoms with Crippen molar-refractivity contribution in [2.75, 3.05) is 13.2 Å². The van der Waals surface area contributed by atoms with Crippen LogP contribution in [0.5, 0.6) is 0 Å². The monoisotopic (exact) mass is 367 g/mol. The number of hydrogen-bond acceptors (Lipinski definition) is 11. The van der Waals surface area contributed by atoms with Gasteiger partial charge in [0.1, 0.15) is 42.7 Å². The molecule has 2 fully saturated rings. The largest absolute Gasteiger partial charge is 0.394 e. The molecule has 0 aromatic carbocycles. The lowest BCUT2D eigenvalue weighted by atomic mass is 9.97. The Morgan fingerprint density at radius 2 is 1.56 bits per heavy atom. The maximum atomic E-state index is 10.0. The molecule has 0 bridgehead atoms. The molecule has 0 amide bonds. The van der Waals surface area contributed by atoms with E-state index < -0.39 is 68.0 Å². The zero-order chi connectivity index (χ0) is 18.7. The number of azide groups is 1. The van der Waals surface area contributed by atoms with Crippen molar-refractivity contribution >= 4 is 0 Å². The summed E-state index contributed by atoms with van der Waals surface area (Å²) >= 11 is 0. The normalized spacial score (nSPS) is 48.0. The van der Waals surface area contributed by atoms with E-state index in [0.29, 0.717) is 0 Å². The van der Waals surface area contributed by atoms with Crippen LogP contribution in [0.1, 0.15) is 0 Å². The van der Waals surface area contributed by atoms with Gasteiger partial charge in [-0.25, -0.2) is 0 Å². The summed E-state index contributed by atoms with van der Waals surface area (Å²) in [5.74, 6) is 0. The average Bonchev–Trinajstić information content (AvgIpc) is 2.60. The Morgan fingerprint density at radius 1 is 0.880 bits per heavy atom. The molecule has 0 radical (unpaired) electrons. The molecule has 7 N–H and O–H groups in total. The number of rotatable bonds is 5. The molecule has 10 atom stereocenters. The van der Waals surface area contributed by atoms with Crippen molar-refractivity contribution in [2.24, 2.45) is 5.11 Å². The van der Waals surface area contributed by atoms with Crippen LogP contribution in [0, 0.1) is 0 Å². The number of hydrogen-bond donors (Lipinski definition) is 7. The zero-order valence-corrected chi connectivity index (χ0v) is 12.9. The molecule has 2 aliphatic rings. The van der Waals surface area contributed by atoms with Crippen molar-refractivity contribution in [3.8, 4) is 0 Å². The minimum absolute atomic E-state index is 0.365. The summed E-state index contributed by atoms with van der Waals surface area (Å²) in [6, 6.07) is 0. The molecule has 0 aromatic heterocycles. The predicted molar refractivity (Wildman–Crippen MR) is 75.5 cm³/mol. The van der Waals surface area contributed by atoms with Crippen LogP contribution in [0.3, 0.4) is 0 Å². The molecular formula is C12H21N3O10. The van der Waals surface area contributed by atoms with Crippen molar-refractivity contribution in [3.05, 3.63) is 10.4 Å². The first-order chi connectivity index (χ1) is 11.8. The van der Waals surface area contributed by atoms with Gasteiger partial charge in [0.05, 0.1) is 19.3 Å². The zero-order valence-electron chi connectivity index (χ0n) is 12.9. The van der Waals surface area contributed by atoms with Gasteiger partial charge in [0.25, 0.3) is 0 Å². The topological polar surface area (TPSA) is 218 Å². The summed E-state index contributed by atoms with van der Waals surface area (Å²) in [6.45, 7) is -1.06. The third-order valence-corrected chi connectivity index (χ3v) is 4.12. The predicted octanol–water partition coefficient (Wildman–Crippen LogP) is -4.08. The van der Waals surface area contributed by atoms with Gasteiger partial charge in [0.2, 0.25) is 0 Å². The smallest absolute Gasteiger partial charge is 0.187 e. The molecule has 25 heavy (non-hydrogen) atoms. The second-order valence-electron chi connectivity index (χ2n) is 5.76. The van der Waals surface area contributed by atoms with Gasteiger partial charge in [-0.3, -0.25) is 0 Å². The van der Waals surface area contributed by atoms with E-state index in [9.17, 15) is 35.7 Å². The van der Waals surface area contributed by atoms with E-state index in [-0.39, 0.29) is 6.54 Å². The summed E-state index contributed by atoms with van der Waals surface area (Å²) in [4.78, 5) is 2.50. The van der Waals surface area contributed by atoms with E-state index in [4.69, 9.17) is 19.7 Å². The van der Waals surface area contributed by atoms with Gasteiger partial charge in [-0.05, 0) is 5.53 Å². The summed E-state index contributed by atoms with van der Waals surface area (Å²) < 4.78 is 15.5. The highest BCUT2D eigenvalue weighted by atomic mass is 16.7. The van der Waals surface area contributed by atoms with E-state index in [1.54, 1.807) is 0 Å². The Balaban J connectivity index is 2.13. The van der Waals surface area contributed by atoms with Crippen molar-refractivity contribution in [1.29, 1.82) is 0 Å². The molecule has 0 aliphatic carbocycles. The fourth-order valence-corrected chi connectivity index (χ4v) is 2.69. The van der Waals surface area contributed by atoms with Crippen LogP contribution in [0.15, 0.2) is 5.11 Å². The van der Waals surface area contributed by atoms with Crippen molar-refractivity contribution in [2.45, 2.75) is 61.4 Å².